The molecule has 0 saturated heterocycles. The monoisotopic (exact) mass is 247 g/mol. The average Bonchev–Trinajstić information content (AvgIpc) is 2.34. The number of hydrogen-bond donors (Lipinski definition) is 2. The molecule has 18 heavy (non-hydrogen) atoms. The zero-order chi connectivity index (χ0) is 12.8. The van der Waals surface area contributed by atoms with E-state index in [-0.39, 0.29) is 12.6 Å². The van der Waals surface area contributed by atoms with E-state index in [9.17, 15) is 5.11 Å². The molecular weight excluding hydrogens is 222 g/mol. The number of nitrogens with one attached hydrogen (secondary N) is 1. The molecule has 2 rings (SSSR count). The molecule has 2 N–H and O–H groups in total. The van der Waals surface area contributed by atoms with Gasteiger partial charge in [0.15, 0.2) is 0 Å². The van der Waals surface area contributed by atoms with Gasteiger partial charge in [0.1, 0.15) is 0 Å². The molecule has 1 aromatic rings. The largest absolute Gasteiger partial charge is 0.395 e. The van der Waals surface area contributed by atoms with Gasteiger partial charge in [0.2, 0.25) is 0 Å². The maximum Gasteiger partial charge on any atom is 0.0587 e. The van der Waals surface area contributed by atoms with Crippen molar-refractivity contribution in [2.24, 2.45) is 5.92 Å². The van der Waals surface area contributed by atoms with Crippen LogP contribution in [-0.4, -0.2) is 23.8 Å². The molecule has 0 amide bonds. The summed E-state index contributed by atoms with van der Waals surface area (Å²) in [6.45, 7) is 2.45. The van der Waals surface area contributed by atoms with Crippen LogP contribution in [0.1, 0.15) is 38.2 Å². The third kappa shape index (κ3) is 4.11. The SMILES string of the molecule is CC(CC1CCC1)NC(CO)Cc1ccccc1. The van der Waals surface area contributed by atoms with Gasteiger partial charge in [-0.25, -0.2) is 0 Å². The highest BCUT2D eigenvalue weighted by molar-refractivity contribution is 5.15. The zero-order valence-electron chi connectivity index (χ0n) is 11.3. The Morgan fingerprint density at radius 1 is 1.28 bits per heavy atom. The van der Waals surface area contributed by atoms with Crippen molar-refractivity contribution < 1.29 is 5.11 Å². The summed E-state index contributed by atoms with van der Waals surface area (Å²) in [6, 6.07) is 11.1. The summed E-state index contributed by atoms with van der Waals surface area (Å²) in [5, 5.41) is 13.0. The normalized spacial score (nSPS) is 19.2. The molecule has 2 heteroatoms. The van der Waals surface area contributed by atoms with Gasteiger partial charge in [-0.3, -0.25) is 0 Å². The molecular formula is C16H25NO. The van der Waals surface area contributed by atoms with E-state index in [0.717, 1.165) is 12.3 Å². The first-order chi connectivity index (χ1) is 8.78. The molecule has 100 valence electrons. The van der Waals surface area contributed by atoms with Crippen LogP contribution in [0.5, 0.6) is 0 Å². The van der Waals surface area contributed by atoms with Crippen molar-refractivity contribution in [3.63, 3.8) is 0 Å². The van der Waals surface area contributed by atoms with Gasteiger partial charge in [-0.1, -0.05) is 49.6 Å². The summed E-state index contributed by atoms with van der Waals surface area (Å²) < 4.78 is 0. The van der Waals surface area contributed by atoms with Crippen LogP contribution in [0.2, 0.25) is 0 Å². The zero-order valence-corrected chi connectivity index (χ0v) is 11.3. The average molecular weight is 247 g/mol. The van der Waals surface area contributed by atoms with Gasteiger partial charge >= 0.3 is 0 Å². The third-order valence-corrected chi connectivity index (χ3v) is 3.98. The highest BCUT2D eigenvalue weighted by Crippen LogP contribution is 2.30. The van der Waals surface area contributed by atoms with Gasteiger partial charge in [-0.15, -0.1) is 0 Å². The number of hydrogen-bond acceptors (Lipinski definition) is 2. The van der Waals surface area contributed by atoms with Crippen molar-refractivity contribution in [3.05, 3.63) is 35.9 Å². The molecule has 2 nitrogen and oxygen atoms in total. The van der Waals surface area contributed by atoms with Gasteiger partial charge in [0.05, 0.1) is 6.61 Å². The Balaban J connectivity index is 1.77. The fourth-order valence-electron chi connectivity index (χ4n) is 2.77. The minimum atomic E-state index is 0.183. The second kappa shape index (κ2) is 6.91. The Hall–Kier alpha value is -0.860. The molecule has 1 aliphatic carbocycles. The molecule has 0 aliphatic heterocycles. The van der Waals surface area contributed by atoms with Gasteiger partial charge in [-0.05, 0) is 31.2 Å². The van der Waals surface area contributed by atoms with Gasteiger partial charge in [-0.2, -0.15) is 0 Å². The molecule has 1 fully saturated rings. The van der Waals surface area contributed by atoms with E-state index < -0.39 is 0 Å². The second-order valence-electron chi connectivity index (χ2n) is 5.67. The van der Waals surface area contributed by atoms with Crippen molar-refractivity contribution in [1.29, 1.82) is 0 Å². The van der Waals surface area contributed by atoms with Gasteiger partial charge in [0.25, 0.3) is 0 Å². The molecule has 0 spiro atoms. The lowest BCUT2D eigenvalue weighted by molar-refractivity contribution is 0.210. The number of aliphatic hydroxyl groups excluding tert-OH is 1. The highest BCUT2D eigenvalue weighted by Gasteiger charge is 2.21. The first-order valence-electron chi connectivity index (χ1n) is 7.18. The number of rotatable bonds is 7. The molecule has 2 atom stereocenters. The maximum atomic E-state index is 9.48. The summed E-state index contributed by atoms with van der Waals surface area (Å²) in [7, 11) is 0. The van der Waals surface area contributed by atoms with E-state index in [1.54, 1.807) is 0 Å². The molecule has 1 saturated carbocycles. The summed E-state index contributed by atoms with van der Waals surface area (Å²) in [4.78, 5) is 0. The lowest BCUT2D eigenvalue weighted by Gasteiger charge is -2.30. The van der Waals surface area contributed by atoms with Crippen LogP contribution in [0.4, 0.5) is 0 Å². The number of benzene rings is 1. The van der Waals surface area contributed by atoms with E-state index >= 15 is 0 Å². The van der Waals surface area contributed by atoms with Crippen LogP contribution in [-0.2, 0) is 6.42 Å². The molecule has 0 aromatic heterocycles. The molecule has 2 unspecified atom stereocenters. The second-order valence-corrected chi connectivity index (χ2v) is 5.67. The lowest BCUT2D eigenvalue weighted by Crippen LogP contribution is -2.41. The minimum Gasteiger partial charge on any atom is -0.395 e. The molecule has 1 aliphatic rings. The molecule has 0 radical (unpaired) electrons. The van der Waals surface area contributed by atoms with Crippen molar-refractivity contribution in [2.75, 3.05) is 6.61 Å². The van der Waals surface area contributed by atoms with Crippen LogP contribution >= 0.6 is 0 Å². The van der Waals surface area contributed by atoms with Crippen molar-refractivity contribution in [2.45, 2.75) is 51.1 Å². The van der Waals surface area contributed by atoms with Crippen LogP contribution in [0, 0.1) is 5.92 Å². The quantitative estimate of drug-likeness (QED) is 0.776. The topological polar surface area (TPSA) is 32.3 Å². The van der Waals surface area contributed by atoms with Crippen molar-refractivity contribution in [3.8, 4) is 0 Å². The Morgan fingerprint density at radius 2 is 2.00 bits per heavy atom. The van der Waals surface area contributed by atoms with Crippen molar-refractivity contribution >= 4 is 0 Å². The van der Waals surface area contributed by atoms with Crippen LogP contribution in [0.3, 0.4) is 0 Å². The predicted octanol–water partition coefficient (Wildman–Crippen LogP) is 2.76. The fourth-order valence-corrected chi connectivity index (χ4v) is 2.77. The Kier molecular flexibility index (Phi) is 5.21. The first kappa shape index (κ1) is 13.6. The molecule has 0 bridgehead atoms. The molecule has 0 heterocycles. The third-order valence-electron chi connectivity index (χ3n) is 3.98. The smallest absolute Gasteiger partial charge is 0.0587 e. The van der Waals surface area contributed by atoms with E-state index in [2.05, 4.69) is 36.5 Å². The predicted molar refractivity (Wildman–Crippen MR) is 75.6 cm³/mol. The molecule has 1 aromatic carbocycles. The summed E-state index contributed by atoms with van der Waals surface area (Å²) in [6.07, 6.45) is 6.37. The maximum absolute atomic E-state index is 9.48. The highest BCUT2D eigenvalue weighted by atomic mass is 16.3. The van der Waals surface area contributed by atoms with Gasteiger partial charge < -0.3 is 10.4 Å². The Bertz CT molecular complexity index is 334. The van der Waals surface area contributed by atoms with Crippen LogP contribution in [0.15, 0.2) is 30.3 Å². The van der Waals surface area contributed by atoms with Gasteiger partial charge in [0, 0.05) is 12.1 Å². The van der Waals surface area contributed by atoms with Crippen molar-refractivity contribution in [1.82, 2.24) is 5.32 Å². The van der Waals surface area contributed by atoms with Crippen LogP contribution in [0.25, 0.3) is 0 Å². The summed E-state index contributed by atoms with van der Waals surface area (Å²) in [5.41, 5.74) is 1.29. The van der Waals surface area contributed by atoms with E-state index in [1.807, 2.05) is 6.07 Å². The van der Waals surface area contributed by atoms with Crippen LogP contribution < -0.4 is 5.32 Å². The Labute approximate surface area is 110 Å². The number of aliphatic hydroxyl groups is 1. The van der Waals surface area contributed by atoms with E-state index in [4.69, 9.17) is 0 Å². The summed E-state index contributed by atoms with van der Waals surface area (Å²) in [5.74, 6) is 0.920. The lowest BCUT2D eigenvalue weighted by atomic mass is 9.81. The minimum absolute atomic E-state index is 0.183. The summed E-state index contributed by atoms with van der Waals surface area (Å²) >= 11 is 0. The standard InChI is InChI=1S/C16H25NO/c1-13(10-14-8-5-9-14)17-16(12-18)11-15-6-3-2-4-7-15/h2-4,6-7,13-14,16-18H,5,8-12H2,1H3. The fraction of sp³-hybridized carbons (Fsp3) is 0.625. The first-order valence-corrected chi connectivity index (χ1v) is 7.18. The van der Waals surface area contributed by atoms with E-state index in [1.165, 1.54) is 31.2 Å². The van der Waals surface area contributed by atoms with E-state index in [0.29, 0.717) is 6.04 Å². The Morgan fingerprint density at radius 3 is 2.56 bits per heavy atom.